The van der Waals surface area contributed by atoms with Gasteiger partial charge in [0.1, 0.15) is 0 Å². The third-order valence-electron chi connectivity index (χ3n) is 5.59. The van der Waals surface area contributed by atoms with Crippen LogP contribution in [0.2, 0.25) is 5.02 Å². The molecule has 0 atom stereocenters. The van der Waals surface area contributed by atoms with Crippen LogP contribution in [0.1, 0.15) is 38.2 Å². The Morgan fingerprint density at radius 2 is 1.69 bits per heavy atom. The Bertz CT molecular complexity index is 737. The Hall–Kier alpha value is -1.11. The van der Waals surface area contributed by atoms with E-state index in [9.17, 15) is 13.2 Å². The van der Waals surface area contributed by atoms with Crippen LogP contribution in [0.3, 0.4) is 0 Å². The van der Waals surface area contributed by atoms with Gasteiger partial charge in [0.15, 0.2) is 0 Å². The molecule has 0 spiro atoms. The molecule has 0 bridgehead atoms. The highest BCUT2D eigenvalue weighted by Gasteiger charge is 2.34. The summed E-state index contributed by atoms with van der Waals surface area (Å²) in [6.45, 7) is 4.72. The highest BCUT2D eigenvalue weighted by atomic mass is 35.5. The highest BCUT2D eigenvalue weighted by molar-refractivity contribution is 7.88. The van der Waals surface area contributed by atoms with Crippen molar-refractivity contribution in [2.75, 3.05) is 26.2 Å². The molecule has 2 fully saturated rings. The Morgan fingerprint density at radius 3 is 2.31 bits per heavy atom. The smallest absolute Gasteiger partial charge is 0.225 e. The molecule has 1 aromatic rings. The Balaban J connectivity index is 1.56. The van der Waals surface area contributed by atoms with Crippen molar-refractivity contribution in [1.82, 2.24) is 9.21 Å². The van der Waals surface area contributed by atoms with E-state index in [4.69, 9.17) is 11.6 Å². The molecule has 2 aliphatic heterocycles. The van der Waals surface area contributed by atoms with Gasteiger partial charge in [0.05, 0.1) is 5.75 Å². The van der Waals surface area contributed by atoms with E-state index in [1.54, 1.807) is 24.3 Å². The second kappa shape index (κ2) is 8.28. The van der Waals surface area contributed by atoms with Crippen LogP contribution in [0.15, 0.2) is 24.3 Å². The van der Waals surface area contributed by atoms with Crippen molar-refractivity contribution in [2.24, 2.45) is 11.8 Å². The lowest BCUT2D eigenvalue weighted by Gasteiger charge is -2.36. The van der Waals surface area contributed by atoms with Gasteiger partial charge in [-0.3, -0.25) is 4.79 Å². The Morgan fingerprint density at radius 1 is 1.08 bits per heavy atom. The normalized spacial score (nSPS) is 21.1. The summed E-state index contributed by atoms with van der Waals surface area (Å²) in [6, 6.07) is 7.03. The second-order valence-corrected chi connectivity index (χ2v) is 9.90. The first kappa shape index (κ1) is 19.6. The van der Waals surface area contributed by atoms with Gasteiger partial charge in [-0.05, 0) is 43.2 Å². The molecule has 1 amide bonds. The van der Waals surface area contributed by atoms with Gasteiger partial charge in [-0.15, -0.1) is 0 Å². The number of amides is 1. The molecule has 2 aliphatic rings. The summed E-state index contributed by atoms with van der Waals surface area (Å²) in [5.74, 6) is 0.765. The predicted octanol–water partition coefficient (Wildman–Crippen LogP) is 3.14. The fourth-order valence-electron chi connectivity index (χ4n) is 3.77. The van der Waals surface area contributed by atoms with E-state index >= 15 is 0 Å². The van der Waals surface area contributed by atoms with Gasteiger partial charge in [0.25, 0.3) is 0 Å². The Labute approximate surface area is 161 Å². The summed E-state index contributed by atoms with van der Waals surface area (Å²) in [5.41, 5.74) is 0.620. The maximum absolute atomic E-state index is 12.7. The fraction of sp³-hybridized carbons (Fsp3) is 0.632. The van der Waals surface area contributed by atoms with Crippen molar-refractivity contribution in [3.63, 3.8) is 0 Å². The fourth-order valence-corrected chi connectivity index (χ4v) is 5.65. The van der Waals surface area contributed by atoms with Gasteiger partial charge in [0.2, 0.25) is 15.9 Å². The summed E-state index contributed by atoms with van der Waals surface area (Å²) in [6.07, 6.45) is 3.34. The predicted molar refractivity (Wildman–Crippen MR) is 103 cm³/mol. The molecule has 26 heavy (non-hydrogen) atoms. The molecule has 0 radical (unpaired) electrons. The topological polar surface area (TPSA) is 57.7 Å². The van der Waals surface area contributed by atoms with E-state index in [2.05, 4.69) is 6.92 Å². The average molecular weight is 399 g/mol. The number of halogens is 1. The van der Waals surface area contributed by atoms with E-state index in [1.165, 1.54) is 4.31 Å². The number of sulfonamides is 1. The maximum atomic E-state index is 12.7. The second-order valence-electron chi connectivity index (χ2n) is 7.53. The molecule has 144 valence electrons. The van der Waals surface area contributed by atoms with Crippen molar-refractivity contribution in [3.05, 3.63) is 34.9 Å². The van der Waals surface area contributed by atoms with Crippen molar-refractivity contribution >= 4 is 27.5 Å². The van der Waals surface area contributed by atoms with E-state index in [0.717, 1.165) is 25.9 Å². The van der Waals surface area contributed by atoms with E-state index in [1.807, 2.05) is 4.90 Å². The van der Waals surface area contributed by atoms with Gasteiger partial charge in [0, 0.05) is 37.1 Å². The highest BCUT2D eigenvalue weighted by Crippen LogP contribution is 2.26. The molecule has 0 N–H and O–H groups in total. The van der Waals surface area contributed by atoms with Crippen LogP contribution in [0.5, 0.6) is 0 Å². The summed E-state index contributed by atoms with van der Waals surface area (Å²) < 4.78 is 26.9. The number of benzene rings is 1. The number of rotatable bonds is 4. The van der Waals surface area contributed by atoms with Crippen LogP contribution in [0, 0.1) is 11.8 Å². The van der Waals surface area contributed by atoms with Crippen molar-refractivity contribution in [2.45, 2.75) is 38.4 Å². The first-order valence-electron chi connectivity index (χ1n) is 9.37. The zero-order valence-electron chi connectivity index (χ0n) is 15.2. The number of hydrogen-bond acceptors (Lipinski definition) is 3. The number of carbonyl (C=O) groups excluding carboxylic acids is 1. The summed E-state index contributed by atoms with van der Waals surface area (Å²) >= 11 is 6.10. The number of carbonyl (C=O) groups is 1. The summed E-state index contributed by atoms with van der Waals surface area (Å²) in [4.78, 5) is 14.7. The lowest BCUT2D eigenvalue weighted by atomic mass is 9.93. The molecule has 0 unspecified atom stereocenters. The molecule has 7 heteroatoms. The molecule has 0 aliphatic carbocycles. The minimum atomic E-state index is -3.42. The lowest BCUT2D eigenvalue weighted by molar-refractivity contribution is -0.138. The SMILES string of the molecule is CC1CCN(C(=O)C2CCN(S(=O)(=O)Cc3ccccc3Cl)CC2)CC1. The molecular formula is C19H27ClN2O3S. The third-order valence-corrected chi connectivity index (χ3v) is 7.78. The quantitative estimate of drug-likeness (QED) is 0.782. The van der Waals surface area contributed by atoms with Crippen molar-refractivity contribution < 1.29 is 13.2 Å². The van der Waals surface area contributed by atoms with Crippen LogP contribution in [0.25, 0.3) is 0 Å². The third kappa shape index (κ3) is 4.59. The minimum absolute atomic E-state index is 0.0461. The standard InChI is InChI=1S/C19H27ClN2O3S/c1-15-6-10-21(11-7-15)19(23)16-8-12-22(13-9-16)26(24,25)14-17-4-2-3-5-18(17)20/h2-5,15-16H,6-14H2,1H3. The molecule has 1 aromatic carbocycles. The van der Waals surface area contributed by atoms with Crippen LogP contribution < -0.4 is 0 Å². The monoisotopic (exact) mass is 398 g/mol. The molecule has 2 heterocycles. The lowest BCUT2D eigenvalue weighted by Crippen LogP contribution is -2.46. The molecule has 3 rings (SSSR count). The van der Waals surface area contributed by atoms with Crippen LogP contribution >= 0.6 is 11.6 Å². The first-order valence-corrected chi connectivity index (χ1v) is 11.4. The molecule has 5 nitrogen and oxygen atoms in total. The summed E-state index contributed by atoms with van der Waals surface area (Å²) in [7, 11) is -3.42. The van der Waals surface area contributed by atoms with Gasteiger partial charge < -0.3 is 4.90 Å². The first-order chi connectivity index (χ1) is 12.4. The van der Waals surface area contributed by atoms with Gasteiger partial charge in [-0.25, -0.2) is 12.7 Å². The minimum Gasteiger partial charge on any atom is -0.342 e. The number of hydrogen-bond donors (Lipinski definition) is 0. The molecular weight excluding hydrogens is 372 g/mol. The van der Waals surface area contributed by atoms with Crippen molar-refractivity contribution in [1.29, 1.82) is 0 Å². The number of nitrogens with zero attached hydrogens (tertiary/aromatic N) is 2. The van der Waals surface area contributed by atoms with E-state index < -0.39 is 10.0 Å². The molecule has 0 aromatic heterocycles. The average Bonchev–Trinajstić information content (AvgIpc) is 2.64. The number of likely N-dealkylation sites (tertiary alicyclic amines) is 1. The van der Waals surface area contributed by atoms with Gasteiger partial charge in [-0.1, -0.05) is 36.7 Å². The van der Waals surface area contributed by atoms with Gasteiger partial charge in [-0.2, -0.15) is 0 Å². The molecule has 0 saturated carbocycles. The zero-order chi connectivity index (χ0) is 18.7. The van der Waals surface area contributed by atoms with Crippen LogP contribution in [0.4, 0.5) is 0 Å². The molecule has 2 saturated heterocycles. The zero-order valence-corrected chi connectivity index (χ0v) is 16.8. The van der Waals surface area contributed by atoms with Gasteiger partial charge >= 0.3 is 0 Å². The Kier molecular flexibility index (Phi) is 6.25. The van der Waals surface area contributed by atoms with Crippen LogP contribution in [-0.2, 0) is 20.6 Å². The van der Waals surface area contributed by atoms with Crippen LogP contribution in [-0.4, -0.2) is 49.7 Å². The van der Waals surface area contributed by atoms with E-state index in [-0.39, 0.29) is 17.6 Å². The van der Waals surface area contributed by atoms with E-state index in [0.29, 0.717) is 42.4 Å². The largest absolute Gasteiger partial charge is 0.342 e. The summed E-state index contributed by atoms with van der Waals surface area (Å²) in [5, 5.41) is 0.473. The van der Waals surface area contributed by atoms with Crippen molar-refractivity contribution in [3.8, 4) is 0 Å². The number of piperidine rings is 2. The maximum Gasteiger partial charge on any atom is 0.225 e.